The van der Waals surface area contributed by atoms with E-state index >= 15 is 0 Å². The number of amides is 2. The minimum absolute atomic E-state index is 0.0404. The third kappa shape index (κ3) is 5.20. The Kier molecular flexibility index (Phi) is 6.29. The normalized spacial score (nSPS) is 14.7. The van der Waals surface area contributed by atoms with E-state index in [1.807, 2.05) is 18.2 Å². The second kappa shape index (κ2) is 8.86. The number of carbonyl (C=O) groups excluding carboxylic acids is 2. The molecule has 142 valence electrons. The first-order valence-electron chi connectivity index (χ1n) is 8.74. The van der Waals surface area contributed by atoms with Crippen molar-refractivity contribution in [1.29, 1.82) is 0 Å². The second-order valence-corrected chi connectivity index (χ2v) is 6.77. The number of nitrogens with one attached hydrogen (secondary N) is 1. The van der Waals surface area contributed by atoms with Crippen LogP contribution in [-0.2, 0) is 4.79 Å². The van der Waals surface area contributed by atoms with Crippen LogP contribution in [-0.4, -0.2) is 42.5 Å². The molecule has 0 atom stereocenters. The van der Waals surface area contributed by atoms with Gasteiger partial charge >= 0.3 is 0 Å². The number of likely N-dealkylation sites (tertiary alicyclic amines) is 1. The summed E-state index contributed by atoms with van der Waals surface area (Å²) < 4.78 is 18.5. The molecule has 1 fully saturated rings. The van der Waals surface area contributed by atoms with E-state index in [-0.39, 0.29) is 29.5 Å². The van der Waals surface area contributed by atoms with Crippen LogP contribution in [0.1, 0.15) is 23.2 Å². The van der Waals surface area contributed by atoms with Crippen LogP contribution in [0.15, 0.2) is 48.5 Å². The predicted molar refractivity (Wildman–Crippen MR) is 100 cm³/mol. The minimum Gasteiger partial charge on any atom is -0.484 e. The van der Waals surface area contributed by atoms with Crippen LogP contribution >= 0.6 is 11.6 Å². The van der Waals surface area contributed by atoms with Gasteiger partial charge in [-0.1, -0.05) is 29.8 Å². The first-order valence-corrected chi connectivity index (χ1v) is 9.12. The van der Waals surface area contributed by atoms with Crippen LogP contribution in [0.2, 0.25) is 5.02 Å². The Bertz CT molecular complexity index is 808. The van der Waals surface area contributed by atoms with Gasteiger partial charge in [0.05, 0.1) is 5.02 Å². The number of ether oxygens (including phenoxy) is 1. The highest BCUT2D eigenvalue weighted by Crippen LogP contribution is 2.21. The summed E-state index contributed by atoms with van der Waals surface area (Å²) in [6.07, 6.45) is 1.37. The molecule has 0 spiro atoms. The third-order valence-corrected chi connectivity index (χ3v) is 4.76. The number of hydrogen-bond acceptors (Lipinski definition) is 3. The molecule has 1 heterocycles. The molecule has 1 saturated heterocycles. The van der Waals surface area contributed by atoms with Crippen molar-refractivity contribution in [2.24, 2.45) is 0 Å². The summed E-state index contributed by atoms with van der Waals surface area (Å²) in [6.45, 7) is 0.960. The molecule has 5 nitrogen and oxygen atoms in total. The molecule has 27 heavy (non-hydrogen) atoms. The van der Waals surface area contributed by atoms with Crippen molar-refractivity contribution in [3.05, 3.63) is 64.9 Å². The third-order valence-electron chi connectivity index (χ3n) is 4.47. The number of piperidine rings is 1. The Hall–Kier alpha value is -2.60. The van der Waals surface area contributed by atoms with Crippen LogP contribution in [0.3, 0.4) is 0 Å². The van der Waals surface area contributed by atoms with Gasteiger partial charge in [0.1, 0.15) is 11.6 Å². The molecule has 7 heteroatoms. The van der Waals surface area contributed by atoms with E-state index in [0.717, 1.165) is 0 Å². The van der Waals surface area contributed by atoms with Gasteiger partial charge in [-0.15, -0.1) is 0 Å². The molecule has 1 aliphatic heterocycles. The van der Waals surface area contributed by atoms with Gasteiger partial charge in [-0.05, 0) is 37.1 Å². The summed E-state index contributed by atoms with van der Waals surface area (Å²) in [7, 11) is 0. The molecule has 2 amide bonds. The fourth-order valence-corrected chi connectivity index (χ4v) is 3.11. The number of carbonyl (C=O) groups is 2. The van der Waals surface area contributed by atoms with Gasteiger partial charge in [-0.25, -0.2) is 4.39 Å². The van der Waals surface area contributed by atoms with Crippen LogP contribution in [0.25, 0.3) is 0 Å². The zero-order valence-electron chi connectivity index (χ0n) is 14.7. The summed E-state index contributed by atoms with van der Waals surface area (Å²) in [5.74, 6) is -0.435. The molecule has 0 aliphatic carbocycles. The maximum Gasteiger partial charge on any atom is 0.260 e. The van der Waals surface area contributed by atoms with Crippen LogP contribution in [0.4, 0.5) is 4.39 Å². The van der Waals surface area contributed by atoms with Crippen molar-refractivity contribution in [3.63, 3.8) is 0 Å². The van der Waals surface area contributed by atoms with Crippen molar-refractivity contribution < 1.29 is 18.7 Å². The molecule has 0 saturated carbocycles. The van der Waals surface area contributed by atoms with Gasteiger partial charge in [-0.3, -0.25) is 9.59 Å². The summed E-state index contributed by atoms with van der Waals surface area (Å²) in [6, 6.07) is 13.1. The molecule has 3 rings (SSSR count). The molecular weight excluding hydrogens is 371 g/mol. The predicted octanol–water partition coefficient (Wildman–Crippen LogP) is 3.28. The Morgan fingerprint density at radius 2 is 1.85 bits per heavy atom. The average Bonchev–Trinajstić information content (AvgIpc) is 2.70. The van der Waals surface area contributed by atoms with Crippen molar-refractivity contribution in [1.82, 2.24) is 10.2 Å². The lowest BCUT2D eigenvalue weighted by Gasteiger charge is -2.32. The maximum atomic E-state index is 13.1. The number of halogens is 2. The lowest BCUT2D eigenvalue weighted by atomic mass is 10.0. The van der Waals surface area contributed by atoms with E-state index in [0.29, 0.717) is 37.2 Å². The monoisotopic (exact) mass is 390 g/mol. The van der Waals surface area contributed by atoms with Gasteiger partial charge < -0.3 is 15.0 Å². The van der Waals surface area contributed by atoms with E-state index in [1.165, 1.54) is 18.2 Å². The maximum absolute atomic E-state index is 13.1. The second-order valence-electron chi connectivity index (χ2n) is 6.36. The Morgan fingerprint density at radius 1 is 1.15 bits per heavy atom. The summed E-state index contributed by atoms with van der Waals surface area (Å²) in [4.78, 5) is 26.2. The van der Waals surface area contributed by atoms with E-state index in [1.54, 1.807) is 17.0 Å². The fraction of sp³-hybridized carbons (Fsp3) is 0.300. The van der Waals surface area contributed by atoms with Crippen LogP contribution in [0, 0.1) is 5.82 Å². The molecule has 0 aromatic heterocycles. The van der Waals surface area contributed by atoms with Gasteiger partial charge in [0.15, 0.2) is 6.61 Å². The van der Waals surface area contributed by atoms with Gasteiger partial charge in [0.25, 0.3) is 11.8 Å². The number of nitrogens with zero attached hydrogens (tertiary/aromatic N) is 1. The molecular formula is C20H20ClFN2O3. The first kappa shape index (κ1) is 19.2. The lowest BCUT2D eigenvalue weighted by Crippen LogP contribution is -2.47. The molecule has 1 aliphatic rings. The SMILES string of the molecule is O=C(NC1CCN(C(=O)COc2ccc(F)c(Cl)c2)CC1)c1ccccc1. The summed E-state index contributed by atoms with van der Waals surface area (Å²) >= 11 is 5.69. The number of rotatable bonds is 5. The fourth-order valence-electron chi connectivity index (χ4n) is 2.93. The minimum atomic E-state index is -0.532. The smallest absolute Gasteiger partial charge is 0.260 e. The Labute approximate surface area is 162 Å². The highest BCUT2D eigenvalue weighted by molar-refractivity contribution is 6.30. The molecule has 0 bridgehead atoms. The van der Waals surface area contributed by atoms with Gasteiger partial charge in [0, 0.05) is 30.8 Å². The molecule has 2 aromatic carbocycles. The average molecular weight is 391 g/mol. The molecule has 2 aromatic rings. The van der Waals surface area contributed by atoms with E-state index in [2.05, 4.69) is 5.32 Å². The van der Waals surface area contributed by atoms with E-state index in [9.17, 15) is 14.0 Å². The van der Waals surface area contributed by atoms with Crippen LogP contribution < -0.4 is 10.1 Å². The standard InChI is InChI=1S/C20H20ClFN2O3/c21-17-12-16(6-7-18(17)22)27-13-19(25)24-10-8-15(9-11-24)23-20(26)14-4-2-1-3-5-14/h1-7,12,15H,8-11,13H2,(H,23,26). The Morgan fingerprint density at radius 3 is 2.52 bits per heavy atom. The highest BCUT2D eigenvalue weighted by atomic mass is 35.5. The summed E-state index contributed by atoms with van der Waals surface area (Å²) in [5.41, 5.74) is 0.627. The van der Waals surface area contributed by atoms with E-state index in [4.69, 9.17) is 16.3 Å². The van der Waals surface area contributed by atoms with Crippen molar-refractivity contribution in [3.8, 4) is 5.75 Å². The lowest BCUT2D eigenvalue weighted by molar-refractivity contribution is -0.134. The highest BCUT2D eigenvalue weighted by Gasteiger charge is 2.24. The number of benzene rings is 2. The zero-order valence-corrected chi connectivity index (χ0v) is 15.4. The first-order chi connectivity index (χ1) is 13.0. The molecule has 0 radical (unpaired) electrons. The molecule has 1 N–H and O–H groups in total. The van der Waals surface area contributed by atoms with Gasteiger partial charge in [-0.2, -0.15) is 0 Å². The van der Waals surface area contributed by atoms with Gasteiger partial charge in [0.2, 0.25) is 0 Å². The van der Waals surface area contributed by atoms with Crippen molar-refractivity contribution in [2.45, 2.75) is 18.9 Å². The quantitative estimate of drug-likeness (QED) is 0.852. The number of hydrogen-bond donors (Lipinski definition) is 1. The van der Waals surface area contributed by atoms with Crippen LogP contribution in [0.5, 0.6) is 5.75 Å². The largest absolute Gasteiger partial charge is 0.484 e. The Balaban J connectivity index is 1.43. The zero-order chi connectivity index (χ0) is 19.2. The van der Waals surface area contributed by atoms with Crippen molar-refractivity contribution in [2.75, 3.05) is 19.7 Å². The summed E-state index contributed by atoms with van der Waals surface area (Å²) in [5, 5.41) is 2.96. The topological polar surface area (TPSA) is 58.6 Å². The van der Waals surface area contributed by atoms with Crippen molar-refractivity contribution >= 4 is 23.4 Å². The van der Waals surface area contributed by atoms with E-state index < -0.39 is 5.82 Å². The molecule has 0 unspecified atom stereocenters.